The second kappa shape index (κ2) is 12.2. The molecular weight excluding hydrogens is 304 g/mol. The van der Waals surface area contributed by atoms with Crippen molar-refractivity contribution in [2.24, 2.45) is 10.6 Å². The first-order valence-corrected chi connectivity index (χ1v) is 7.28. The van der Waals surface area contributed by atoms with Gasteiger partial charge in [0.05, 0.1) is 0 Å². The molecule has 0 aromatic carbocycles. The van der Waals surface area contributed by atoms with Gasteiger partial charge in [-0.25, -0.2) is 0 Å². The van der Waals surface area contributed by atoms with Crippen LogP contribution in [0.4, 0.5) is 0 Å². The largest absolute Gasteiger partial charge is 2.00 e. The van der Waals surface area contributed by atoms with Gasteiger partial charge in [0.1, 0.15) is 0 Å². The minimum atomic E-state index is -0.133. The first-order valence-electron chi connectivity index (χ1n) is 7.28. The molecule has 21 heavy (non-hydrogen) atoms. The van der Waals surface area contributed by atoms with Crippen LogP contribution in [-0.4, -0.2) is 59.5 Å². The van der Waals surface area contributed by atoms with Crippen molar-refractivity contribution < 1.29 is 9.72 Å². The van der Waals surface area contributed by atoms with Gasteiger partial charge in [-0.05, 0) is 36.2 Å². The van der Waals surface area contributed by atoms with Crippen molar-refractivity contribution in [1.82, 2.24) is 0 Å². The molecule has 0 amide bonds. The summed E-state index contributed by atoms with van der Waals surface area (Å²) in [5, 5.41) is 45.4. The maximum atomic E-state index is 10.6. The van der Waals surface area contributed by atoms with E-state index < -0.39 is 0 Å². The van der Waals surface area contributed by atoms with Gasteiger partial charge in [0.25, 0.3) is 0 Å². The van der Waals surface area contributed by atoms with E-state index in [-0.39, 0.29) is 49.8 Å². The van der Waals surface area contributed by atoms with Crippen molar-refractivity contribution in [3.8, 4) is 0 Å². The zero-order chi connectivity index (χ0) is 14.8. The Kier molecular flexibility index (Phi) is 12.0. The molecule has 0 N–H and O–H groups in total. The molecule has 2 saturated carbocycles. The zero-order valence-corrected chi connectivity index (χ0v) is 14.6. The number of hydroxylamine groups is 2. The summed E-state index contributed by atoms with van der Waals surface area (Å²) in [5.41, 5.74) is 0. The van der Waals surface area contributed by atoms with Crippen LogP contribution in [0, 0.1) is 20.8 Å². The van der Waals surface area contributed by atoms with Gasteiger partial charge in [-0.3, -0.25) is 0 Å². The first kappa shape index (κ1) is 20.7. The van der Waals surface area contributed by atoms with Gasteiger partial charge in [-0.1, -0.05) is 22.6 Å². The summed E-state index contributed by atoms with van der Waals surface area (Å²) in [6, 6.07) is -0.266. The Bertz CT molecular complexity index is 297. The van der Waals surface area contributed by atoms with Crippen molar-refractivity contribution in [2.45, 2.75) is 76.3 Å². The molecule has 116 valence electrons. The van der Waals surface area contributed by atoms with Gasteiger partial charge in [-0.2, -0.15) is 0 Å². The van der Waals surface area contributed by atoms with E-state index in [2.05, 4.69) is 10.6 Å². The molecule has 9 heteroatoms. The van der Waals surface area contributed by atoms with Crippen LogP contribution in [0.25, 0.3) is 0 Å². The van der Waals surface area contributed by atoms with Crippen LogP contribution in [-0.2, 0) is 0 Å². The molecule has 0 aromatic rings. The van der Waals surface area contributed by atoms with E-state index in [1.165, 1.54) is 12.8 Å². The molecule has 0 saturated heterocycles. The van der Waals surface area contributed by atoms with Gasteiger partial charge in [0.15, 0.2) is 12.1 Å². The van der Waals surface area contributed by atoms with Crippen molar-refractivity contribution in [2.75, 3.05) is 0 Å². The van der Waals surface area contributed by atoms with E-state index in [1.54, 1.807) is 0 Å². The van der Waals surface area contributed by atoms with E-state index in [4.69, 9.17) is 0 Å². The van der Waals surface area contributed by atoms with Crippen LogP contribution >= 0.6 is 0 Å². The number of rotatable bonds is 2. The number of hydrogen-bond acceptors (Lipinski definition) is 6. The topological polar surface area (TPSA) is 123 Å². The summed E-state index contributed by atoms with van der Waals surface area (Å²) in [6.45, 7) is 0. The zero-order valence-electron chi connectivity index (χ0n) is 12.4. The van der Waals surface area contributed by atoms with Gasteiger partial charge in [-0.15, -0.1) is 0 Å². The van der Waals surface area contributed by atoms with Crippen LogP contribution < -0.4 is 0 Å². The number of hydrogen-bond donors (Lipinski definition) is 0. The third-order valence-electron chi connectivity index (χ3n) is 3.94. The first-order chi connectivity index (χ1) is 9.69. The predicted octanol–water partition coefficient (Wildman–Crippen LogP) is 3.18. The molecule has 0 unspecified atom stereocenters. The summed E-state index contributed by atoms with van der Waals surface area (Å²) < 4.78 is 0. The Labute approximate surface area is 154 Å². The fourth-order valence-electron chi connectivity index (χ4n) is 2.74. The Morgan fingerprint density at radius 3 is 1.14 bits per heavy atom. The van der Waals surface area contributed by atoms with E-state index in [9.17, 15) is 20.8 Å². The van der Waals surface area contributed by atoms with Gasteiger partial charge in [0.2, 0.25) is 0 Å². The molecule has 0 atom stereocenters. The second-order valence-electron chi connectivity index (χ2n) is 5.35. The Morgan fingerprint density at radius 2 is 0.905 bits per heavy atom. The molecule has 2 fully saturated rings. The maximum absolute atomic E-state index is 10.6. The number of nitrogens with zero attached hydrogens (tertiary/aromatic N) is 4. The quantitative estimate of drug-likeness (QED) is 0.334. The minimum Gasteiger partial charge on any atom is -0.739 e. The molecule has 0 bridgehead atoms. The van der Waals surface area contributed by atoms with Crippen molar-refractivity contribution >= 4 is 37.7 Å². The third-order valence-corrected chi connectivity index (χ3v) is 3.94. The van der Waals surface area contributed by atoms with E-state index >= 15 is 0 Å². The summed E-state index contributed by atoms with van der Waals surface area (Å²) in [4.78, 5) is 0.609. The van der Waals surface area contributed by atoms with Crippen molar-refractivity contribution in [3.05, 3.63) is 20.8 Å². The van der Waals surface area contributed by atoms with E-state index in [0.717, 1.165) is 51.4 Å². The Morgan fingerprint density at radius 1 is 0.619 bits per heavy atom. The van der Waals surface area contributed by atoms with Crippen LogP contribution in [0.1, 0.15) is 64.2 Å². The van der Waals surface area contributed by atoms with Crippen LogP contribution in [0.5, 0.6) is 0 Å². The summed E-state index contributed by atoms with van der Waals surface area (Å²) in [6.07, 6.45) is 9.90. The fraction of sp³-hybridized carbons (Fsp3) is 1.00. The van der Waals surface area contributed by atoms with Crippen molar-refractivity contribution in [1.29, 1.82) is 0 Å². The van der Waals surface area contributed by atoms with Crippen LogP contribution in [0.15, 0.2) is 10.6 Å². The maximum Gasteiger partial charge on any atom is 2.00 e. The average Bonchev–Trinajstić information content (AvgIpc) is 2.55. The molecule has 2 aliphatic carbocycles. The molecule has 2 rings (SSSR count). The average molecular weight is 326 g/mol. The standard InChI is InChI=1S/2C6H12N2O2.Ca/c2*9-7-8(10)6-4-2-1-3-5-6;/h2*6,9H,1-5H2;/q;;+2/p-2/b2*8-7+;. The van der Waals surface area contributed by atoms with E-state index in [1.807, 2.05) is 0 Å². The minimum absolute atomic E-state index is 0. The Hall–Kier alpha value is -0.340. The third kappa shape index (κ3) is 8.01. The predicted molar refractivity (Wildman–Crippen MR) is 78.3 cm³/mol. The van der Waals surface area contributed by atoms with Crippen molar-refractivity contribution in [3.63, 3.8) is 0 Å². The smallest absolute Gasteiger partial charge is 0.739 e. The fourth-order valence-corrected chi connectivity index (χ4v) is 2.74. The molecule has 0 aliphatic heterocycles. The van der Waals surface area contributed by atoms with Gasteiger partial charge >= 0.3 is 37.7 Å². The summed E-state index contributed by atoms with van der Waals surface area (Å²) in [7, 11) is 0. The second-order valence-corrected chi connectivity index (χ2v) is 5.35. The summed E-state index contributed by atoms with van der Waals surface area (Å²) in [5.74, 6) is 0. The monoisotopic (exact) mass is 326 g/mol. The Balaban J connectivity index is 0.000000364. The molecule has 0 aromatic heterocycles. The summed E-state index contributed by atoms with van der Waals surface area (Å²) >= 11 is 0. The molecule has 2 aliphatic rings. The molecule has 0 radical (unpaired) electrons. The van der Waals surface area contributed by atoms with E-state index in [0.29, 0.717) is 9.72 Å². The van der Waals surface area contributed by atoms with Gasteiger partial charge in [0, 0.05) is 25.7 Å². The van der Waals surface area contributed by atoms with Crippen LogP contribution in [0.2, 0.25) is 0 Å². The molecular formula is C12H22CaN4O4. The van der Waals surface area contributed by atoms with Crippen LogP contribution in [0.3, 0.4) is 0 Å². The molecule has 8 nitrogen and oxygen atoms in total. The molecule has 0 spiro atoms. The molecule has 0 heterocycles. The SMILES string of the molecule is [Ca+2].[O-]/N=[N+](/[O-])C1CCCCC1.[O-]/N=[N+](/[O-])C1CCCCC1. The van der Waals surface area contributed by atoms with Gasteiger partial charge < -0.3 is 20.8 Å². The normalized spacial score (nSPS) is 21.9.